The number of rotatable bonds is 8. The normalized spacial score (nSPS) is 12.2. The molecule has 0 bridgehead atoms. The molecule has 0 aliphatic carbocycles. The Hall–Kier alpha value is -0.870. The summed E-state index contributed by atoms with van der Waals surface area (Å²) < 4.78 is 1.03. The van der Waals surface area contributed by atoms with Crippen LogP contribution < -0.4 is 5.32 Å². The van der Waals surface area contributed by atoms with Crippen LogP contribution in [-0.4, -0.2) is 24.2 Å². The lowest BCUT2D eigenvalue weighted by Gasteiger charge is -2.16. The Morgan fingerprint density at radius 2 is 2.15 bits per heavy atom. The zero-order valence-electron chi connectivity index (χ0n) is 12.3. The van der Waals surface area contributed by atoms with Gasteiger partial charge in [0.2, 0.25) is 5.91 Å². The summed E-state index contributed by atoms with van der Waals surface area (Å²) in [6.45, 7) is 4.98. The first-order valence-electron chi connectivity index (χ1n) is 7.19. The van der Waals surface area contributed by atoms with Gasteiger partial charge in [-0.25, -0.2) is 0 Å². The van der Waals surface area contributed by atoms with Crippen molar-refractivity contribution in [3.63, 3.8) is 0 Å². The van der Waals surface area contributed by atoms with Crippen molar-refractivity contribution < 1.29 is 9.90 Å². The van der Waals surface area contributed by atoms with Crippen LogP contribution in [0, 0.1) is 12.8 Å². The van der Waals surface area contributed by atoms with Gasteiger partial charge in [-0.15, -0.1) is 0 Å². The summed E-state index contributed by atoms with van der Waals surface area (Å²) in [7, 11) is 0. The highest BCUT2D eigenvalue weighted by Crippen LogP contribution is 2.16. The largest absolute Gasteiger partial charge is 0.396 e. The molecule has 0 fully saturated rings. The van der Waals surface area contributed by atoms with E-state index in [1.807, 2.05) is 25.1 Å². The molecule has 3 nitrogen and oxygen atoms in total. The summed E-state index contributed by atoms with van der Waals surface area (Å²) in [5, 5.41) is 12.0. The van der Waals surface area contributed by atoms with Crippen molar-refractivity contribution in [2.24, 2.45) is 5.92 Å². The number of benzene rings is 1. The molecule has 1 aromatic carbocycles. The molecule has 1 aromatic rings. The molecule has 112 valence electrons. The quantitative estimate of drug-likeness (QED) is 0.762. The van der Waals surface area contributed by atoms with Gasteiger partial charge >= 0.3 is 0 Å². The third-order valence-electron chi connectivity index (χ3n) is 3.48. The molecular formula is C16H24BrNO2. The van der Waals surface area contributed by atoms with Crippen molar-refractivity contribution in [1.29, 1.82) is 0 Å². The summed E-state index contributed by atoms with van der Waals surface area (Å²) in [4.78, 5) is 12.0. The van der Waals surface area contributed by atoms with Crippen LogP contribution in [0.1, 0.15) is 37.3 Å². The minimum Gasteiger partial charge on any atom is -0.396 e. The van der Waals surface area contributed by atoms with E-state index in [9.17, 15) is 4.79 Å². The molecular weight excluding hydrogens is 318 g/mol. The Kier molecular flexibility index (Phi) is 7.85. The highest BCUT2D eigenvalue weighted by atomic mass is 79.9. The monoisotopic (exact) mass is 341 g/mol. The highest BCUT2D eigenvalue weighted by Gasteiger charge is 2.10. The summed E-state index contributed by atoms with van der Waals surface area (Å²) in [6, 6.07) is 5.96. The van der Waals surface area contributed by atoms with E-state index < -0.39 is 0 Å². The molecule has 0 aliphatic heterocycles. The van der Waals surface area contributed by atoms with Crippen LogP contribution in [0.3, 0.4) is 0 Å². The van der Waals surface area contributed by atoms with Gasteiger partial charge in [0, 0.05) is 17.6 Å². The van der Waals surface area contributed by atoms with Crippen LogP contribution in [0.15, 0.2) is 22.7 Å². The van der Waals surface area contributed by atoms with Gasteiger partial charge in [-0.05, 0) is 48.9 Å². The number of nitrogens with one attached hydrogen (secondary N) is 1. The number of hydrogen-bond acceptors (Lipinski definition) is 2. The number of halogens is 1. The first-order chi connectivity index (χ1) is 9.56. The lowest BCUT2D eigenvalue weighted by Crippen LogP contribution is -2.31. The molecule has 1 rings (SSSR count). The number of aliphatic hydroxyl groups excluding tert-OH is 1. The topological polar surface area (TPSA) is 49.3 Å². The molecule has 1 atom stereocenters. The molecule has 0 saturated carbocycles. The van der Waals surface area contributed by atoms with Crippen molar-refractivity contribution in [3.8, 4) is 0 Å². The molecule has 0 aromatic heterocycles. The highest BCUT2D eigenvalue weighted by molar-refractivity contribution is 9.10. The number of hydrogen-bond donors (Lipinski definition) is 2. The van der Waals surface area contributed by atoms with Crippen LogP contribution in [0.2, 0.25) is 0 Å². The van der Waals surface area contributed by atoms with Crippen LogP contribution in [0.4, 0.5) is 0 Å². The van der Waals surface area contributed by atoms with Gasteiger partial charge in [0.1, 0.15) is 0 Å². The van der Waals surface area contributed by atoms with E-state index in [2.05, 4.69) is 28.2 Å². The number of aryl methyl sites for hydroxylation is 1. The second-order valence-corrected chi connectivity index (χ2v) is 6.13. The van der Waals surface area contributed by atoms with Crippen LogP contribution in [0.25, 0.3) is 0 Å². The zero-order chi connectivity index (χ0) is 15.0. The number of aliphatic hydroxyl groups is 1. The average Bonchev–Trinajstić information content (AvgIpc) is 2.40. The van der Waals surface area contributed by atoms with Gasteiger partial charge in [0.25, 0.3) is 0 Å². The van der Waals surface area contributed by atoms with Crippen molar-refractivity contribution >= 4 is 21.8 Å². The molecule has 20 heavy (non-hydrogen) atoms. The van der Waals surface area contributed by atoms with E-state index in [0.29, 0.717) is 18.9 Å². The molecule has 2 N–H and O–H groups in total. The summed E-state index contributed by atoms with van der Waals surface area (Å²) >= 11 is 3.42. The molecule has 1 amide bonds. The molecule has 4 heteroatoms. The SMILES string of the molecule is CCCC(CCO)CNC(=O)Cc1ccc(Br)cc1C. The first kappa shape index (κ1) is 17.2. The minimum absolute atomic E-state index is 0.0504. The summed E-state index contributed by atoms with van der Waals surface area (Å²) in [5.74, 6) is 0.425. The van der Waals surface area contributed by atoms with Crippen LogP contribution >= 0.6 is 15.9 Å². The molecule has 0 radical (unpaired) electrons. The Bertz CT molecular complexity index is 428. The van der Waals surface area contributed by atoms with E-state index in [1.165, 1.54) is 0 Å². The average molecular weight is 342 g/mol. The zero-order valence-corrected chi connectivity index (χ0v) is 13.9. The Morgan fingerprint density at radius 3 is 2.75 bits per heavy atom. The predicted octanol–water partition coefficient (Wildman–Crippen LogP) is 3.21. The molecule has 0 heterocycles. The van der Waals surface area contributed by atoms with Crippen molar-refractivity contribution in [2.45, 2.75) is 39.5 Å². The molecule has 1 unspecified atom stereocenters. The number of amides is 1. The Balaban J connectivity index is 2.46. The van der Waals surface area contributed by atoms with E-state index in [0.717, 1.165) is 34.9 Å². The third-order valence-corrected chi connectivity index (χ3v) is 3.97. The fraction of sp³-hybridized carbons (Fsp3) is 0.562. The maximum atomic E-state index is 12.0. The van der Waals surface area contributed by atoms with E-state index >= 15 is 0 Å². The van der Waals surface area contributed by atoms with Gasteiger partial charge in [0.15, 0.2) is 0 Å². The Labute approximate surface area is 129 Å². The second-order valence-electron chi connectivity index (χ2n) is 5.22. The fourth-order valence-electron chi connectivity index (χ4n) is 2.29. The van der Waals surface area contributed by atoms with E-state index in [-0.39, 0.29) is 12.5 Å². The predicted molar refractivity (Wildman–Crippen MR) is 85.7 cm³/mol. The standard InChI is InChI=1S/C16H24BrNO2/c1-3-4-13(7-8-19)11-18-16(20)10-14-5-6-15(17)9-12(14)2/h5-6,9,13,19H,3-4,7-8,10-11H2,1-2H3,(H,18,20). The number of carbonyl (C=O) groups excluding carboxylic acids is 1. The third kappa shape index (κ3) is 6.06. The maximum Gasteiger partial charge on any atom is 0.224 e. The fourth-order valence-corrected chi connectivity index (χ4v) is 2.77. The van der Waals surface area contributed by atoms with Gasteiger partial charge in [-0.2, -0.15) is 0 Å². The van der Waals surface area contributed by atoms with Crippen molar-refractivity contribution in [1.82, 2.24) is 5.32 Å². The smallest absolute Gasteiger partial charge is 0.224 e. The first-order valence-corrected chi connectivity index (χ1v) is 7.98. The lowest BCUT2D eigenvalue weighted by atomic mass is 10.00. The Morgan fingerprint density at radius 1 is 1.40 bits per heavy atom. The second kappa shape index (κ2) is 9.14. The molecule has 0 spiro atoms. The minimum atomic E-state index is 0.0504. The van der Waals surface area contributed by atoms with E-state index in [4.69, 9.17) is 5.11 Å². The van der Waals surface area contributed by atoms with Crippen LogP contribution in [0.5, 0.6) is 0 Å². The molecule has 0 aliphatic rings. The van der Waals surface area contributed by atoms with Gasteiger partial charge < -0.3 is 10.4 Å². The maximum absolute atomic E-state index is 12.0. The molecule has 0 saturated heterocycles. The van der Waals surface area contributed by atoms with Crippen LogP contribution in [-0.2, 0) is 11.2 Å². The van der Waals surface area contributed by atoms with Gasteiger partial charge in [0.05, 0.1) is 6.42 Å². The lowest BCUT2D eigenvalue weighted by molar-refractivity contribution is -0.120. The summed E-state index contributed by atoms with van der Waals surface area (Å²) in [5.41, 5.74) is 2.18. The van der Waals surface area contributed by atoms with Gasteiger partial charge in [-0.3, -0.25) is 4.79 Å². The number of carbonyl (C=O) groups is 1. The summed E-state index contributed by atoms with van der Waals surface area (Å²) in [6.07, 6.45) is 3.28. The van der Waals surface area contributed by atoms with Crippen molar-refractivity contribution in [2.75, 3.05) is 13.2 Å². The van der Waals surface area contributed by atoms with Crippen molar-refractivity contribution in [3.05, 3.63) is 33.8 Å². The van der Waals surface area contributed by atoms with Gasteiger partial charge in [-0.1, -0.05) is 35.3 Å². The van der Waals surface area contributed by atoms with E-state index in [1.54, 1.807) is 0 Å².